The minimum Gasteiger partial charge on any atom is -0.462 e. The molecular formula is C83H162O17P2. The number of rotatable bonds is 80. The molecule has 6 atom stereocenters. The van der Waals surface area contributed by atoms with E-state index < -0.39 is 97.5 Å². The van der Waals surface area contributed by atoms with Gasteiger partial charge < -0.3 is 33.8 Å². The van der Waals surface area contributed by atoms with E-state index in [0.29, 0.717) is 31.6 Å². The van der Waals surface area contributed by atoms with E-state index in [0.717, 1.165) is 114 Å². The summed E-state index contributed by atoms with van der Waals surface area (Å²) in [5.41, 5.74) is 0. The van der Waals surface area contributed by atoms with Crippen LogP contribution in [0.25, 0.3) is 0 Å². The number of unbranched alkanes of at least 4 members (excludes halogenated alkanes) is 45. The number of hydrogen-bond donors (Lipinski definition) is 3. The third kappa shape index (κ3) is 74.9. The number of phosphoric acid groups is 2. The molecule has 0 spiro atoms. The minimum atomic E-state index is -4.96. The molecule has 4 unspecified atom stereocenters. The van der Waals surface area contributed by atoms with Crippen LogP contribution in [0.5, 0.6) is 0 Å². The molecule has 17 nitrogen and oxygen atoms in total. The Morgan fingerprint density at radius 3 is 0.696 bits per heavy atom. The van der Waals surface area contributed by atoms with Crippen molar-refractivity contribution >= 4 is 39.5 Å². The molecule has 606 valence electrons. The number of ether oxygens (including phenoxy) is 4. The smallest absolute Gasteiger partial charge is 0.462 e. The Kier molecular flexibility index (Phi) is 70.6. The lowest BCUT2D eigenvalue weighted by Crippen LogP contribution is -2.30. The molecule has 0 aliphatic rings. The van der Waals surface area contributed by atoms with Crippen LogP contribution >= 0.6 is 15.6 Å². The molecule has 0 rings (SSSR count). The number of aliphatic hydroxyl groups is 1. The first-order valence-corrected chi connectivity index (χ1v) is 45.7. The SMILES string of the molecule is CCC(C)CCCCCCCCCCC(=O)OC[C@H](COP(=O)(O)OCC(O)COP(=O)(O)OC[C@@H](COC(=O)CCCCCCCCCC(C)C)OC(=O)CCCCCCCCCCCCCCCCCCC(C)C)OC(=O)CCCCCCCCCCCCCCCCCCCCC(C)C. The monoisotopic (exact) mass is 1490 g/mol. The van der Waals surface area contributed by atoms with Crippen molar-refractivity contribution in [2.24, 2.45) is 23.7 Å². The quantitative estimate of drug-likeness (QED) is 0.0222. The van der Waals surface area contributed by atoms with Gasteiger partial charge in [0.1, 0.15) is 19.3 Å². The lowest BCUT2D eigenvalue weighted by molar-refractivity contribution is -0.161. The number of carbonyl (C=O) groups is 4. The summed E-state index contributed by atoms with van der Waals surface area (Å²) in [5.74, 6) is 0.999. The average molecular weight is 1490 g/mol. The molecule has 0 fully saturated rings. The standard InChI is InChI=1S/C83H162O17P2/c1-9-76(8)62-54-46-38-32-33-39-47-55-63-80(85)93-69-78(99-82(87)65-57-49-40-30-26-22-18-13-11-10-12-16-20-24-28-35-43-51-59-73(2)3)71-97-101(89,90)95-67-77(84)68-96-102(91,92)98-72-79(70-94-81(86)64-56-48-42-34-37-45-53-61-75(6)7)100-83(88)66-58-50-41-31-27-23-19-15-14-17-21-25-29-36-44-52-60-74(4)5/h73-79,84H,9-72H2,1-8H3,(H,89,90)(H,91,92)/t76?,77?,78-,79-/m1/s1. The first kappa shape index (κ1) is 100. The topological polar surface area (TPSA) is 237 Å². The Hall–Kier alpha value is -1.94. The Bertz CT molecular complexity index is 1990. The molecule has 19 heteroatoms. The summed E-state index contributed by atoms with van der Waals surface area (Å²) in [5, 5.41) is 10.6. The maximum atomic E-state index is 13.1. The second-order valence-corrected chi connectivity index (χ2v) is 34.4. The van der Waals surface area contributed by atoms with Gasteiger partial charge in [-0.15, -0.1) is 0 Å². The van der Waals surface area contributed by atoms with Crippen LogP contribution in [-0.4, -0.2) is 96.7 Å². The molecule has 0 saturated heterocycles. The predicted molar refractivity (Wildman–Crippen MR) is 418 cm³/mol. The van der Waals surface area contributed by atoms with Crippen molar-refractivity contribution < 1.29 is 80.2 Å². The van der Waals surface area contributed by atoms with Gasteiger partial charge in [0.05, 0.1) is 26.4 Å². The van der Waals surface area contributed by atoms with Crippen LogP contribution < -0.4 is 0 Å². The molecule has 3 N–H and O–H groups in total. The maximum Gasteiger partial charge on any atom is 0.472 e. The van der Waals surface area contributed by atoms with Crippen LogP contribution in [0.15, 0.2) is 0 Å². The Labute approximate surface area is 626 Å². The zero-order valence-electron chi connectivity index (χ0n) is 67.2. The highest BCUT2D eigenvalue weighted by molar-refractivity contribution is 7.47. The second kappa shape index (κ2) is 72.0. The van der Waals surface area contributed by atoms with Gasteiger partial charge in [-0.2, -0.15) is 0 Å². The zero-order valence-corrected chi connectivity index (χ0v) is 69.0. The summed E-state index contributed by atoms with van der Waals surface area (Å²) in [4.78, 5) is 73.1. The van der Waals surface area contributed by atoms with Crippen LogP contribution in [0.1, 0.15) is 428 Å². The molecular weight excluding hydrogens is 1330 g/mol. The summed E-state index contributed by atoms with van der Waals surface area (Å²) in [6.07, 6.45) is 59.8. The van der Waals surface area contributed by atoms with E-state index in [1.165, 1.54) is 225 Å². The average Bonchev–Trinajstić information content (AvgIpc) is 0.912. The van der Waals surface area contributed by atoms with Crippen LogP contribution in [0.3, 0.4) is 0 Å². The van der Waals surface area contributed by atoms with Gasteiger partial charge in [0, 0.05) is 25.7 Å². The Morgan fingerprint density at radius 1 is 0.275 bits per heavy atom. The maximum absolute atomic E-state index is 13.1. The number of carbonyl (C=O) groups excluding carboxylic acids is 4. The minimum absolute atomic E-state index is 0.107. The summed E-state index contributed by atoms with van der Waals surface area (Å²) in [6.45, 7) is 14.3. The molecule has 0 aromatic rings. The fraction of sp³-hybridized carbons (Fsp3) is 0.952. The molecule has 0 aromatic heterocycles. The fourth-order valence-electron chi connectivity index (χ4n) is 12.8. The number of hydrogen-bond acceptors (Lipinski definition) is 15. The molecule has 0 bridgehead atoms. The number of aliphatic hydroxyl groups excluding tert-OH is 1. The van der Waals surface area contributed by atoms with Gasteiger partial charge in [0.15, 0.2) is 12.2 Å². The van der Waals surface area contributed by atoms with Crippen molar-refractivity contribution in [2.75, 3.05) is 39.6 Å². The van der Waals surface area contributed by atoms with Crippen LogP contribution in [-0.2, 0) is 65.4 Å². The van der Waals surface area contributed by atoms with Gasteiger partial charge in [-0.1, -0.05) is 376 Å². The van der Waals surface area contributed by atoms with Gasteiger partial charge in [-0.05, 0) is 49.4 Å². The highest BCUT2D eigenvalue weighted by Crippen LogP contribution is 2.45. The normalized spacial score (nSPS) is 14.3. The third-order valence-electron chi connectivity index (χ3n) is 19.7. The molecule has 0 amide bonds. The van der Waals surface area contributed by atoms with E-state index >= 15 is 0 Å². The number of esters is 4. The molecule has 0 aliphatic heterocycles. The Morgan fingerprint density at radius 2 is 0.471 bits per heavy atom. The van der Waals surface area contributed by atoms with Crippen molar-refractivity contribution in [2.45, 2.75) is 446 Å². The first-order valence-electron chi connectivity index (χ1n) is 42.7. The van der Waals surface area contributed by atoms with Crippen molar-refractivity contribution in [3.63, 3.8) is 0 Å². The van der Waals surface area contributed by atoms with Gasteiger partial charge in [0.25, 0.3) is 0 Å². The van der Waals surface area contributed by atoms with Gasteiger partial charge in [-0.25, -0.2) is 9.13 Å². The van der Waals surface area contributed by atoms with Gasteiger partial charge >= 0.3 is 39.5 Å². The second-order valence-electron chi connectivity index (χ2n) is 31.5. The van der Waals surface area contributed by atoms with E-state index in [-0.39, 0.29) is 25.7 Å². The van der Waals surface area contributed by atoms with Crippen molar-refractivity contribution in [1.82, 2.24) is 0 Å². The third-order valence-corrected chi connectivity index (χ3v) is 21.6. The van der Waals surface area contributed by atoms with Crippen LogP contribution in [0.2, 0.25) is 0 Å². The van der Waals surface area contributed by atoms with Crippen molar-refractivity contribution in [3.05, 3.63) is 0 Å². The largest absolute Gasteiger partial charge is 0.472 e. The molecule has 0 aromatic carbocycles. The zero-order chi connectivity index (χ0) is 75.3. The van der Waals surface area contributed by atoms with Crippen LogP contribution in [0.4, 0.5) is 0 Å². The van der Waals surface area contributed by atoms with E-state index in [1.54, 1.807) is 0 Å². The van der Waals surface area contributed by atoms with E-state index in [4.69, 9.17) is 37.0 Å². The van der Waals surface area contributed by atoms with Gasteiger partial charge in [-0.3, -0.25) is 37.3 Å². The molecule has 0 aliphatic carbocycles. The van der Waals surface area contributed by atoms with Crippen molar-refractivity contribution in [1.29, 1.82) is 0 Å². The van der Waals surface area contributed by atoms with Crippen LogP contribution in [0, 0.1) is 23.7 Å². The highest BCUT2D eigenvalue weighted by atomic mass is 31.2. The van der Waals surface area contributed by atoms with Crippen molar-refractivity contribution in [3.8, 4) is 0 Å². The summed E-state index contributed by atoms with van der Waals surface area (Å²) < 4.78 is 68.7. The first-order chi connectivity index (χ1) is 49.1. The molecule has 102 heavy (non-hydrogen) atoms. The van der Waals surface area contributed by atoms with E-state index in [9.17, 15) is 43.2 Å². The molecule has 0 heterocycles. The van der Waals surface area contributed by atoms with E-state index in [1.807, 2.05) is 0 Å². The lowest BCUT2D eigenvalue weighted by Gasteiger charge is -2.21. The predicted octanol–water partition coefficient (Wildman–Crippen LogP) is 24.8. The molecule has 0 saturated carbocycles. The number of phosphoric ester groups is 2. The Balaban J connectivity index is 5.19. The molecule has 0 radical (unpaired) electrons. The summed E-state index contributed by atoms with van der Waals surface area (Å²) in [6, 6.07) is 0. The fourth-order valence-corrected chi connectivity index (χ4v) is 14.3. The lowest BCUT2D eigenvalue weighted by atomic mass is 9.99. The van der Waals surface area contributed by atoms with Gasteiger partial charge in [0.2, 0.25) is 0 Å². The van der Waals surface area contributed by atoms with E-state index in [2.05, 4.69) is 55.4 Å². The summed E-state index contributed by atoms with van der Waals surface area (Å²) in [7, 11) is -9.92. The summed E-state index contributed by atoms with van der Waals surface area (Å²) >= 11 is 0. The highest BCUT2D eigenvalue weighted by Gasteiger charge is 2.30.